The molecule has 2 rings (SSSR count). The van der Waals surface area contributed by atoms with Gasteiger partial charge in [0.25, 0.3) is 0 Å². The second-order valence-corrected chi connectivity index (χ2v) is 5.94. The van der Waals surface area contributed by atoms with E-state index in [2.05, 4.69) is 27.7 Å². The van der Waals surface area contributed by atoms with Crippen molar-refractivity contribution in [3.63, 3.8) is 0 Å². The molecule has 3 heteroatoms. The molecule has 0 aromatic carbocycles. The van der Waals surface area contributed by atoms with Crippen molar-refractivity contribution in [3.8, 4) is 0 Å². The van der Waals surface area contributed by atoms with Crippen LogP contribution in [0.3, 0.4) is 0 Å². The van der Waals surface area contributed by atoms with Gasteiger partial charge in [-0.2, -0.15) is 11.8 Å². The van der Waals surface area contributed by atoms with Crippen LogP contribution in [0.1, 0.15) is 19.3 Å². The first kappa shape index (κ1) is 9.35. The van der Waals surface area contributed by atoms with Crippen LogP contribution in [0.5, 0.6) is 0 Å². The molecule has 70 valence electrons. The Morgan fingerprint density at radius 2 is 2.33 bits per heavy atom. The number of rotatable bonds is 2. The van der Waals surface area contributed by atoms with Crippen LogP contribution >= 0.6 is 27.7 Å². The van der Waals surface area contributed by atoms with Gasteiger partial charge in [0.15, 0.2) is 0 Å². The molecule has 0 N–H and O–H groups in total. The minimum atomic E-state index is 0.578. The Kier molecular flexibility index (Phi) is 3.38. The molecule has 3 unspecified atom stereocenters. The maximum absolute atomic E-state index is 5.63. The number of thioether (sulfide) groups is 1. The normalized spacial score (nSPS) is 42.2. The zero-order chi connectivity index (χ0) is 8.39. The highest BCUT2D eigenvalue weighted by Crippen LogP contribution is 2.34. The van der Waals surface area contributed by atoms with Gasteiger partial charge < -0.3 is 4.74 Å². The Morgan fingerprint density at radius 3 is 2.92 bits per heavy atom. The molecule has 2 aliphatic heterocycles. The number of alkyl halides is 1. The molecule has 2 fully saturated rings. The molecular weight excluding hydrogens is 236 g/mol. The predicted molar refractivity (Wildman–Crippen MR) is 57.1 cm³/mol. The molecule has 0 bridgehead atoms. The lowest BCUT2D eigenvalue weighted by Gasteiger charge is -2.17. The first-order valence-corrected chi connectivity index (χ1v) is 6.76. The summed E-state index contributed by atoms with van der Waals surface area (Å²) in [5.74, 6) is 3.48. The fourth-order valence-electron chi connectivity index (χ4n) is 1.96. The van der Waals surface area contributed by atoms with Crippen LogP contribution in [0.15, 0.2) is 0 Å². The summed E-state index contributed by atoms with van der Waals surface area (Å²) in [6.07, 6.45) is 4.43. The number of halogens is 1. The molecule has 2 heterocycles. The van der Waals surface area contributed by atoms with Gasteiger partial charge in [-0.3, -0.25) is 0 Å². The molecule has 0 saturated carbocycles. The summed E-state index contributed by atoms with van der Waals surface area (Å²) in [5, 5.41) is 0. The first-order valence-electron chi connectivity index (χ1n) is 4.69. The molecule has 0 amide bonds. The molecule has 2 aliphatic rings. The van der Waals surface area contributed by atoms with Gasteiger partial charge in [0, 0.05) is 17.2 Å². The van der Waals surface area contributed by atoms with Crippen LogP contribution in [-0.2, 0) is 4.74 Å². The summed E-state index contributed by atoms with van der Waals surface area (Å²) in [6, 6.07) is 0. The van der Waals surface area contributed by atoms with E-state index in [0.29, 0.717) is 6.10 Å². The van der Waals surface area contributed by atoms with Crippen molar-refractivity contribution in [2.45, 2.75) is 30.2 Å². The Hall–Kier alpha value is 0.790. The molecule has 0 radical (unpaired) electrons. The summed E-state index contributed by atoms with van der Waals surface area (Å²) >= 11 is 5.81. The summed E-state index contributed by atoms with van der Waals surface area (Å²) in [7, 11) is 0. The second kappa shape index (κ2) is 4.34. The fraction of sp³-hybridized carbons (Fsp3) is 1.00. The van der Waals surface area contributed by atoms with Gasteiger partial charge in [-0.1, -0.05) is 15.9 Å². The van der Waals surface area contributed by atoms with E-state index in [-0.39, 0.29) is 0 Å². The van der Waals surface area contributed by atoms with Crippen molar-refractivity contribution in [1.29, 1.82) is 0 Å². The van der Waals surface area contributed by atoms with Crippen LogP contribution < -0.4 is 0 Å². The van der Waals surface area contributed by atoms with E-state index in [1.807, 2.05) is 0 Å². The fourth-order valence-corrected chi connectivity index (χ4v) is 4.47. The standard InChI is InChI=1S/C9H15BrOS/c10-9-6-12-5-7(9)4-8-2-1-3-11-8/h7-9H,1-6H2. The van der Waals surface area contributed by atoms with E-state index in [0.717, 1.165) is 17.4 Å². The average Bonchev–Trinajstić information content (AvgIpc) is 2.65. The number of hydrogen-bond donors (Lipinski definition) is 0. The molecule has 0 aliphatic carbocycles. The van der Waals surface area contributed by atoms with Crippen molar-refractivity contribution in [1.82, 2.24) is 0 Å². The average molecular weight is 251 g/mol. The largest absolute Gasteiger partial charge is 0.378 e. The van der Waals surface area contributed by atoms with Crippen LogP contribution in [-0.4, -0.2) is 29.0 Å². The van der Waals surface area contributed by atoms with Gasteiger partial charge in [0.05, 0.1) is 6.10 Å². The number of hydrogen-bond acceptors (Lipinski definition) is 2. The number of ether oxygens (including phenoxy) is 1. The smallest absolute Gasteiger partial charge is 0.0579 e. The lowest BCUT2D eigenvalue weighted by Crippen LogP contribution is -2.18. The molecule has 0 aromatic rings. The van der Waals surface area contributed by atoms with Crippen LogP contribution in [0.25, 0.3) is 0 Å². The highest BCUT2D eigenvalue weighted by molar-refractivity contribution is 9.09. The van der Waals surface area contributed by atoms with Crippen LogP contribution in [0.4, 0.5) is 0 Å². The van der Waals surface area contributed by atoms with Gasteiger partial charge in [0.2, 0.25) is 0 Å². The van der Waals surface area contributed by atoms with Gasteiger partial charge in [-0.15, -0.1) is 0 Å². The zero-order valence-electron chi connectivity index (χ0n) is 7.17. The van der Waals surface area contributed by atoms with Gasteiger partial charge in [0.1, 0.15) is 0 Å². The predicted octanol–water partition coefficient (Wildman–Crippen LogP) is 2.68. The molecule has 0 spiro atoms. The minimum absolute atomic E-state index is 0.578. The van der Waals surface area contributed by atoms with Gasteiger partial charge >= 0.3 is 0 Å². The second-order valence-electron chi connectivity index (χ2n) is 3.68. The van der Waals surface area contributed by atoms with Crippen molar-refractivity contribution < 1.29 is 4.74 Å². The van der Waals surface area contributed by atoms with Crippen molar-refractivity contribution >= 4 is 27.7 Å². The molecular formula is C9H15BrOS. The molecule has 3 atom stereocenters. The molecule has 2 saturated heterocycles. The van der Waals surface area contributed by atoms with E-state index in [9.17, 15) is 0 Å². The summed E-state index contributed by atoms with van der Waals surface area (Å²) in [6.45, 7) is 0.998. The highest BCUT2D eigenvalue weighted by atomic mass is 79.9. The summed E-state index contributed by atoms with van der Waals surface area (Å²) in [4.78, 5) is 0.742. The summed E-state index contributed by atoms with van der Waals surface area (Å²) in [5.41, 5.74) is 0. The van der Waals surface area contributed by atoms with E-state index >= 15 is 0 Å². The monoisotopic (exact) mass is 250 g/mol. The molecule has 1 nitrogen and oxygen atoms in total. The molecule has 12 heavy (non-hydrogen) atoms. The van der Waals surface area contributed by atoms with E-state index in [4.69, 9.17) is 4.74 Å². The van der Waals surface area contributed by atoms with Crippen molar-refractivity contribution in [2.24, 2.45) is 5.92 Å². The maximum atomic E-state index is 5.63. The maximum Gasteiger partial charge on any atom is 0.0579 e. The zero-order valence-corrected chi connectivity index (χ0v) is 9.57. The van der Waals surface area contributed by atoms with Crippen LogP contribution in [0.2, 0.25) is 0 Å². The van der Waals surface area contributed by atoms with Crippen molar-refractivity contribution in [2.75, 3.05) is 18.1 Å². The van der Waals surface area contributed by atoms with Crippen LogP contribution in [0, 0.1) is 5.92 Å². The third-order valence-electron chi connectivity index (χ3n) is 2.71. The minimum Gasteiger partial charge on any atom is -0.378 e. The Morgan fingerprint density at radius 1 is 1.42 bits per heavy atom. The highest BCUT2D eigenvalue weighted by Gasteiger charge is 2.29. The lowest BCUT2D eigenvalue weighted by atomic mass is 9.99. The van der Waals surface area contributed by atoms with Crippen molar-refractivity contribution in [3.05, 3.63) is 0 Å². The summed E-state index contributed by atoms with van der Waals surface area (Å²) < 4.78 is 5.63. The van der Waals surface area contributed by atoms with Gasteiger partial charge in [-0.25, -0.2) is 0 Å². The van der Waals surface area contributed by atoms with E-state index in [1.165, 1.54) is 30.8 Å². The first-order chi connectivity index (χ1) is 5.86. The SMILES string of the molecule is BrC1CSCC1CC1CCCO1. The Labute approximate surface area is 86.8 Å². The van der Waals surface area contributed by atoms with Gasteiger partial charge in [-0.05, 0) is 30.9 Å². The lowest BCUT2D eigenvalue weighted by molar-refractivity contribution is 0.0934. The van der Waals surface area contributed by atoms with E-state index < -0.39 is 0 Å². The molecule has 0 aromatic heterocycles. The Balaban J connectivity index is 1.77. The topological polar surface area (TPSA) is 9.23 Å². The Bertz CT molecular complexity index is 147. The third kappa shape index (κ3) is 2.18. The quantitative estimate of drug-likeness (QED) is 0.698. The van der Waals surface area contributed by atoms with E-state index in [1.54, 1.807) is 0 Å². The third-order valence-corrected chi connectivity index (χ3v) is 5.47.